The number of carbonyl (C=O) groups excluding carboxylic acids is 1. The Balaban J connectivity index is 2.10. The molecular formula is C14H20ClNO3S2. The quantitative estimate of drug-likeness (QED) is 0.849. The van der Waals surface area contributed by atoms with E-state index in [2.05, 4.69) is 19.2 Å². The molecule has 0 spiro atoms. The van der Waals surface area contributed by atoms with Crippen LogP contribution in [0.15, 0.2) is 9.59 Å². The first-order valence-electron chi connectivity index (χ1n) is 7.03. The summed E-state index contributed by atoms with van der Waals surface area (Å²) in [7, 11) is 1.58. The van der Waals surface area contributed by atoms with Crippen LogP contribution in [0.25, 0.3) is 0 Å². The lowest BCUT2D eigenvalue weighted by Gasteiger charge is -2.32. The Morgan fingerprint density at radius 3 is 2.52 bits per heavy atom. The summed E-state index contributed by atoms with van der Waals surface area (Å²) >= 11 is 0.994. The molecular weight excluding hydrogens is 330 g/mol. The second kappa shape index (κ2) is 6.26. The molecule has 1 aromatic heterocycles. The highest BCUT2D eigenvalue weighted by Crippen LogP contribution is 2.31. The second-order valence-corrected chi connectivity index (χ2v) is 9.58. The molecule has 1 amide bonds. The van der Waals surface area contributed by atoms with Crippen LogP contribution in [0.3, 0.4) is 0 Å². The maximum Gasteiger partial charge on any atom is 0.271 e. The van der Waals surface area contributed by atoms with Crippen molar-refractivity contribution in [3.05, 3.63) is 16.5 Å². The van der Waals surface area contributed by atoms with E-state index in [-0.39, 0.29) is 16.2 Å². The molecule has 0 aliphatic heterocycles. The molecule has 1 N–H and O–H groups in total. The maximum absolute atomic E-state index is 12.3. The molecule has 3 atom stereocenters. The summed E-state index contributed by atoms with van der Waals surface area (Å²) in [5, 5.41) is 4.59. The lowest BCUT2D eigenvalue weighted by atomic mass is 9.79. The summed E-state index contributed by atoms with van der Waals surface area (Å²) < 4.78 is 22.9. The van der Waals surface area contributed by atoms with Crippen molar-refractivity contribution in [2.75, 3.05) is 0 Å². The third kappa shape index (κ3) is 3.79. The number of hydrogen-bond acceptors (Lipinski definition) is 4. The highest BCUT2D eigenvalue weighted by atomic mass is 35.7. The number of thiophene rings is 1. The van der Waals surface area contributed by atoms with Gasteiger partial charge in [-0.15, -0.1) is 11.3 Å². The molecule has 0 bridgehead atoms. The topological polar surface area (TPSA) is 63.2 Å². The van der Waals surface area contributed by atoms with Crippen molar-refractivity contribution in [2.24, 2.45) is 11.8 Å². The molecule has 0 aromatic carbocycles. The van der Waals surface area contributed by atoms with Gasteiger partial charge in [0.25, 0.3) is 15.0 Å². The van der Waals surface area contributed by atoms with Gasteiger partial charge in [0.1, 0.15) is 4.21 Å². The molecule has 4 nitrogen and oxygen atoms in total. The van der Waals surface area contributed by atoms with Crippen LogP contribution in [0, 0.1) is 18.8 Å². The number of halogens is 1. The first kappa shape index (κ1) is 16.8. The highest BCUT2D eigenvalue weighted by Gasteiger charge is 2.27. The van der Waals surface area contributed by atoms with Gasteiger partial charge in [0.2, 0.25) is 0 Å². The highest BCUT2D eigenvalue weighted by molar-refractivity contribution is 8.15. The molecule has 3 unspecified atom stereocenters. The number of amides is 1. The van der Waals surface area contributed by atoms with Gasteiger partial charge < -0.3 is 5.32 Å². The fraction of sp³-hybridized carbons (Fsp3) is 0.643. The zero-order valence-corrected chi connectivity index (χ0v) is 14.7. The monoisotopic (exact) mass is 349 g/mol. The zero-order chi connectivity index (χ0) is 15.8. The average molecular weight is 350 g/mol. The second-order valence-electron chi connectivity index (χ2n) is 5.94. The number of rotatable bonds is 3. The van der Waals surface area contributed by atoms with Crippen LogP contribution < -0.4 is 5.32 Å². The summed E-state index contributed by atoms with van der Waals surface area (Å²) in [5.74, 6) is 1.07. The van der Waals surface area contributed by atoms with Gasteiger partial charge in [-0.25, -0.2) is 8.42 Å². The number of nitrogens with one attached hydrogen (secondary N) is 1. The lowest BCUT2D eigenvalue weighted by molar-refractivity contribution is 0.0910. The van der Waals surface area contributed by atoms with Crippen LogP contribution in [-0.4, -0.2) is 20.4 Å². The van der Waals surface area contributed by atoms with E-state index < -0.39 is 9.05 Å². The molecule has 1 fully saturated rings. The molecule has 0 saturated heterocycles. The molecule has 1 aromatic rings. The molecule has 1 aliphatic carbocycles. The van der Waals surface area contributed by atoms with Gasteiger partial charge >= 0.3 is 0 Å². The minimum absolute atomic E-state index is 0.0555. The predicted molar refractivity (Wildman–Crippen MR) is 85.5 cm³/mol. The molecule has 7 heteroatoms. The smallest absolute Gasteiger partial charge is 0.271 e. The van der Waals surface area contributed by atoms with E-state index in [4.69, 9.17) is 10.7 Å². The van der Waals surface area contributed by atoms with E-state index in [0.29, 0.717) is 23.0 Å². The Bertz CT molecular complexity index is 639. The van der Waals surface area contributed by atoms with Gasteiger partial charge in [-0.3, -0.25) is 4.79 Å². The first-order chi connectivity index (χ1) is 9.70. The number of hydrogen-bond donors (Lipinski definition) is 1. The van der Waals surface area contributed by atoms with Crippen molar-refractivity contribution in [1.29, 1.82) is 0 Å². The van der Waals surface area contributed by atoms with Crippen LogP contribution >= 0.6 is 22.0 Å². The first-order valence-corrected chi connectivity index (χ1v) is 10.2. The summed E-state index contributed by atoms with van der Waals surface area (Å²) in [6.07, 6.45) is 3.05. The lowest BCUT2D eigenvalue weighted by Crippen LogP contribution is -2.39. The Morgan fingerprint density at radius 1 is 1.33 bits per heavy atom. The fourth-order valence-corrected chi connectivity index (χ4v) is 5.35. The normalized spacial score (nSPS) is 26.6. The fourth-order valence-electron chi connectivity index (χ4n) is 2.81. The zero-order valence-electron chi connectivity index (χ0n) is 12.3. The Labute approximate surface area is 134 Å². The van der Waals surface area contributed by atoms with Gasteiger partial charge in [0.15, 0.2) is 0 Å². The third-order valence-electron chi connectivity index (χ3n) is 4.39. The largest absolute Gasteiger partial charge is 0.349 e. The van der Waals surface area contributed by atoms with Crippen LogP contribution in [0.4, 0.5) is 0 Å². The van der Waals surface area contributed by atoms with Gasteiger partial charge in [-0.2, -0.15) is 0 Å². The van der Waals surface area contributed by atoms with Gasteiger partial charge in [0.05, 0.1) is 5.56 Å². The SMILES string of the molecule is Cc1c(C(=O)NC2CCC(C)C(C)C2)csc1S(=O)(=O)Cl. The molecule has 118 valence electrons. The van der Waals surface area contributed by atoms with Gasteiger partial charge in [-0.1, -0.05) is 13.8 Å². The van der Waals surface area contributed by atoms with E-state index in [1.807, 2.05) is 0 Å². The molecule has 1 saturated carbocycles. The van der Waals surface area contributed by atoms with E-state index in [1.165, 1.54) is 0 Å². The Hall–Kier alpha value is -0.590. The van der Waals surface area contributed by atoms with Crippen molar-refractivity contribution in [3.8, 4) is 0 Å². The molecule has 21 heavy (non-hydrogen) atoms. The summed E-state index contributed by atoms with van der Waals surface area (Å²) in [4.78, 5) is 12.3. The Kier molecular flexibility index (Phi) is 5.00. The van der Waals surface area contributed by atoms with Crippen molar-refractivity contribution >= 4 is 37.0 Å². The summed E-state index contributed by atoms with van der Waals surface area (Å²) in [5.41, 5.74) is 0.843. The standard InChI is InChI=1S/C14H20ClNO3S2/c1-8-4-5-11(6-9(8)2)16-13(17)12-7-20-14(10(12)3)21(15,18)19/h7-9,11H,4-6H2,1-3H3,(H,16,17). The maximum atomic E-state index is 12.3. The van der Waals surface area contributed by atoms with Crippen molar-refractivity contribution in [3.63, 3.8) is 0 Å². The van der Waals surface area contributed by atoms with E-state index in [0.717, 1.165) is 30.6 Å². The van der Waals surface area contributed by atoms with Gasteiger partial charge in [0, 0.05) is 22.1 Å². The minimum Gasteiger partial charge on any atom is -0.349 e. The Morgan fingerprint density at radius 2 is 2.00 bits per heavy atom. The molecule has 1 heterocycles. The number of carbonyl (C=O) groups is 1. The predicted octanol–water partition coefficient (Wildman–Crippen LogP) is 3.54. The van der Waals surface area contributed by atoms with Crippen LogP contribution in [-0.2, 0) is 9.05 Å². The van der Waals surface area contributed by atoms with Crippen LogP contribution in [0.1, 0.15) is 49.0 Å². The van der Waals surface area contributed by atoms with Crippen molar-refractivity contribution in [2.45, 2.75) is 50.3 Å². The molecule has 2 rings (SSSR count). The summed E-state index contributed by atoms with van der Waals surface area (Å²) in [6, 6.07) is 0.166. The summed E-state index contributed by atoms with van der Waals surface area (Å²) in [6.45, 7) is 6.06. The van der Waals surface area contributed by atoms with E-state index in [1.54, 1.807) is 12.3 Å². The molecule has 1 aliphatic rings. The van der Waals surface area contributed by atoms with Crippen molar-refractivity contribution < 1.29 is 13.2 Å². The van der Waals surface area contributed by atoms with Crippen LogP contribution in [0.2, 0.25) is 0 Å². The van der Waals surface area contributed by atoms with Crippen molar-refractivity contribution in [1.82, 2.24) is 5.32 Å². The average Bonchev–Trinajstić information content (AvgIpc) is 2.75. The van der Waals surface area contributed by atoms with E-state index in [9.17, 15) is 13.2 Å². The molecule has 0 radical (unpaired) electrons. The third-order valence-corrected chi connectivity index (χ3v) is 7.70. The van der Waals surface area contributed by atoms with Crippen LogP contribution in [0.5, 0.6) is 0 Å². The van der Waals surface area contributed by atoms with Gasteiger partial charge in [-0.05, 0) is 43.6 Å². The van der Waals surface area contributed by atoms with E-state index >= 15 is 0 Å². The minimum atomic E-state index is -3.78.